The summed E-state index contributed by atoms with van der Waals surface area (Å²) in [5.74, 6) is 1.12. The van der Waals surface area contributed by atoms with Gasteiger partial charge in [0, 0.05) is 35.6 Å². The van der Waals surface area contributed by atoms with Gasteiger partial charge in [0.25, 0.3) is 0 Å². The highest BCUT2D eigenvalue weighted by molar-refractivity contribution is 6.31. The molecule has 5 nitrogen and oxygen atoms in total. The number of para-hydroxylation sites is 1. The van der Waals surface area contributed by atoms with Gasteiger partial charge in [-0.2, -0.15) is 0 Å². The summed E-state index contributed by atoms with van der Waals surface area (Å²) < 4.78 is 19.6. The van der Waals surface area contributed by atoms with Crippen LogP contribution in [0.5, 0.6) is 11.5 Å². The van der Waals surface area contributed by atoms with Gasteiger partial charge >= 0.3 is 0 Å². The lowest BCUT2D eigenvalue weighted by Gasteiger charge is -2.30. The second kappa shape index (κ2) is 7.29. The number of pyridine rings is 1. The van der Waals surface area contributed by atoms with Crippen molar-refractivity contribution in [3.05, 3.63) is 83.2 Å². The first-order valence-electron chi connectivity index (χ1n) is 9.23. The monoisotopic (exact) mass is 406 g/mol. The van der Waals surface area contributed by atoms with Crippen LogP contribution in [-0.2, 0) is 13.0 Å². The predicted octanol–water partition coefficient (Wildman–Crippen LogP) is 5.17. The van der Waals surface area contributed by atoms with Crippen LogP contribution in [0.15, 0.2) is 61.1 Å². The third-order valence-corrected chi connectivity index (χ3v) is 5.19. The van der Waals surface area contributed by atoms with Gasteiger partial charge in [0.05, 0.1) is 11.7 Å². The van der Waals surface area contributed by atoms with E-state index in [0.29, 0.717) is 17.3 Å². The maximum absolute atomic E-state index is 13.9. The Bertz CT molecular complexity index is 1220. The molecule has 5 rings (SSSR count). The molecule has 0 bridgehead atoms. The number of nitrogens with zero attached hydrogens (tertiary/aromatic N) is 4. The number of fused-ring (bicyclic) bond motifs is 2. The molecule has 2 aromatic carbocycles. The van der Waals surface area contributed by atoms with E-state index in [1.54, 1.807) is 30.7 Å². The van der Waals surface area contributed by atoms with Gasteiger partial charge in [-0.3, -0.25) is 4.98 Å². The van der Waals surface area contributed by atoms with Gasteiger partial charge in [-0.05, 0) is 42.0 Å². The minimum absolute atomic E-state index is 0.179. The molecule has 1 aliphatic heterocycles. The standard InChI is InChI=1S/C22H16ClFN4O/c23-15-5-6-20-17(10-15)22(27-13-26-20)28-8-7-19-14(12-28)9-16(11-25-19)29-21-4-2-1-3-18(21)24/h1-6,9-11,13H,7-8,12H2. The summed E-state index contributed by atoms with van der Waals surface area (Å²) in [6.07, 6.45) is 3.99. The zero-order valence-corrected chi connectivity index (χ0v) is 16.1. The molecule has 144 valence electrons. The van der Waals surface area contributed by atoms with E-state index in [1.807, 2.05) is 24.3 Å². The second-order valence-electron chi connectivity index (χ2n) is 6.84. The lowest BCUT2D eigenvalue weighted by molar-refractivity contribution is 0.439. The number of ether oxygens (including phenoxy) is 1. The normalized spacial score (nSPS) is 13.4. The molecule has 0 spiro atoms. The first kappa shape index (κ1) is 17.8. The van der Waals surface area contributed by atoms with Gasteiger partial charge in [0.2, 0.25) is 0 Å². The molecular weight excluding hydrogens is 391 g/mol. The Hall–Kier alpha value is -3.25. The smallest absolute Gasteiger partial charge is 0.165 e. The molecule has 0 fully saturated rings. The highest BCUT2D eigenvalue weighted by Gasteiger charge is 2.21. The number of halogens is 2. The highest BCUT2D eigenvalue weighted by Crippen LogP contribution is 2.31. The largest absolute Gasteiger partial charge is 0.453 e. The van der Waals surface area contributed by atoms with Crippen LogP contribution < -0.4 is 9.64 Å². The molecule has 3 heterocycles. The van der Waals surface area contributed by atoms with E-state index >= 15 is 0 Å². The van der Waals surface area contributed by atoms with Gasteiger partial charge in [-0.1, -0.05) is 23.7 Å². The molecule has 2 aromatic heterocycles. The van der Waals surface area contributed by atoms with Crippen LogP contribution in [0.2, 0.25) is 5.02 Å². The number of rotatable bonds is 3. The minimum atomic E-state index is -0.406. The first-order valence-corrected chi connectivity index (χ1v) is 9.60. The fourth-order valence-corrected chi connectivity index (χ4v) is 3.73. The van der Waals surface area contributed by atoms with Crippen molar-refractivity contribution in [1.82, 2.24) is 15.0 Å². The van der Waals surface area contributed by atoms with E-state index in [2.05, 4.69) is 19.9 Å². The summed E-state index contributed by atoms with van der Waals surface area (Å²) in [5, 5.41) is 1.56. The number of aromatic nitrogens is 3. The van der Waals surface area contributed by atoms with Crippen LogP contribution in [0.25, 0.3) is 10.9 Å². The van der Waals surface area contributed by atoms with Gasteiger partial charge in [0.1, 0.15) is 17.9 Å². The molecule has 7 heteroatoms. The van der Waals surface area contributed by atoms with Gasteiger partial charge < -0.3 is 9.64 Å². The van der Waals surface area contributed by atoms with Crippen molar-refractivity contribution in [3.8, 4) is 11.5 Å². The van der Waals surface area contributed by atoms with Crippen LogP contribution in [0.1, 0.15) is 11.3 Å². The van der Waals surface area contributed by atoms with Crippen molar-refractivity contribution in [2.75, 3.05) is 11.4 Å². The molecule has 0 saturated carbocycles. The molecule has 0 unspecified atom stereocenters. The molecule has 0 radical (unpaired) electrons. The van der Waals surface area contributed by atoms with E-state index in [1.165, 1.54) is 6.07 Å². The van der Waals surface area contributed by atoms with E-state index in [0.717, 1.165) is 40.9 Å². The van der Waals surface area contributed by atoms with Crippen molar-refractivity contribution in [3.63, 3.8) is 0 Å². The Morgan fingerprint density at radius 2 is 1.93 bits per heavy atom. The van der Waals surface area contributed by atoms with Crippen LogP contribution in [-0.4, -0.2) is 21.5 Å². The Morgan fingerprint density at radius 1 is 1.03 bits per heavy atom. The molecule has 0 aliphatic carbocycles. The van der Waals surface area contributed by atoms with E-state index in [9.17, 15) is 4.39 Å². The van der Waals surface area contributed by atoms with E-state index < -0.39 is 5.82 Å². The predicted molar refractivity (Wildman–Crippen MR) is 110 cm³/mol. The average molecular weight is 407 g/mol. The van der Waals surface area contributed by atoms with Crippen LogP contribution in [0.3, 0.4) is 0 Å². The summed E-state index contributed by atoms with van der Waals surface area (Å²) in [6, 6.07) is 13.8. The molecule has 0 atom stereocenters. The Kier molecular flexibility index (Phi) is 4.48. The minimum Gasteiger partial charge on any atom is -0.453 e. The lowest BCUT2D eigenvalue weighted by Crippen LogP contribution is -2.31. The molecular formula is C22H16ClFN4O. The van der Waals surface area contributed by atoms with Crippen molar-refractivity contribution in [1.29, 1.82) is 0 Å². The Labute approximate surface area is 171 Å². The molecule has 0 N–H and O–H groups in total. The second-order valence-corrected chi connectivity index (χ2v) is 7.28. The zero-order chi connectivity index (χ0) is 19.8. The molecule has 0 saturated heterocycles. The third kappa shape index (κ3) is 3.47. The summed E-state index contributed by atoms with van der Waals surface area (Å²) in [4.78, 5) is 15.5. The SMILES string of the molecule is Fc1ccccc1Oc1cnc2c(c1)CN(c1ncnc3ccc(Cl)cc13)CC2. The van der Waals surface area contributed by atoms with E-state index in [4.69, 9.17) is 16.3 Å². The summed E-state index contributed by atoms with van der Waals surface area (Å²) in [6.45, 7) is 1.40. The summed E-state index contributed by atoms with van der Waals surface area (Å²) >= 11 is 6.19. The fraction of sp³-hybridized carbons (Fsp3) is 0.136. The van der Waals surface area contributed by atoms with Crippen molar-refractivity contribution < 1.29 is 9.13 Å². The number of hydrogen-bond acceptors (Lipinski definition) is 5. The van der Waals surface area contributed by atoms with Gasteiger partial charge in [0.15, 0.2) is 11.6 Å². The van der Waals surface area contributed by atoms with Crippen molar-refractivity contribution in [2.24, 2.45) is 0 Å². The summed E-state index contributed by atoms with van der Waals surface area (Å²) in [5.41, 5.74) is 2.89. The molecule has 1 aliphatic rings. The average Bonchev–Trinajstić information content (AvgIpc) is 2.74. The Balaban J connectivity index is 1.46. The zero-order valence-electron chi connectivity index (χ0n) is 15.3. The van der Waals surface area contributed by atoms with Gasteiger partial charge in [-0.25, -0.2) is 14.4 Å². The van der Waals surface area contributed by atoms with Crippen molar-refractivity contribution in [2.45, 2.75) is 13.0 Å². The maximum Gasteiger partial charge on any atom is 0.165 e. The first-order chi connectivity index (χ1) is 14.2. The molecule has 0 amide bonds. The van der Waals surface area contributed by atoms with Crippen LogP contribution in [0.4, 0.5) is 10.2 Å². The number of benzene rings is 2. The lowest BCUT2D eigenvalue weighted by atomic mass is 10.0. The molecule has 4 aromatic rings. The maximum atomic E-state index is 13.9. The van der Waals surface area contributed by atoms with Crippen LogP contribution in [0, 0.1) is 5.82 Å². The molecule has 29 heavy (non-hydrogen) atoms. The van der Waals surface area contributed by atoms with Crippen LogP contribution >= 0.6 is 11.6 Å². The topological polar surface area (TPSA) is 51.1 Å². The third-order valence-electron chi connectivity index (χ3n) is 4.95. The van der Waals surface area contributed by atoms with Crippen molar-refractivity contribution >= 4 is 28.3 Å². The Morgan fingerprint density at radius 3 is 2.83 bits per heavy atom. The number of hydrogen-bond donors (Lipinski definition) is 0. The highest BCUT2D eigenvalue weighted by atomic mass is 35.5. The quantitative estimate of drug-likeness (QED) is 0.469. The van der Waals surface area contributed by atoms with E-state index in [-0.39, 0.29) is 5.75 Å². The van der Waals surface area contributed by atoms with Gasteiger partial charge in [-0.15, -0.1) is 0 Å². The summed E-state index contributed by atoms with van der Waals surface area (Å²) in [7, 11) is 0. The fourth-order valence-electron chi connectivity index (χ4n) is 3.56. The number of anilines is 1.